The number of aromatic nitrogens is 3. The number of likely N-dealkylation sites (N-methyl/N-ethyl adjacent to an activating group) is 1. The lowest BCUT2D eigenvalue weighted by Gasteiger charge is -2.31. The van der Waals surface area contributed by atoms with E-state index >= 15 is 0 Å². The van der Waals surface area contributed by atoms with Gasteiger partial charge in [-0.25, -0.2) is 0 Å². The van der Waals surface area contributed by atoms with E-state index in [1.54, 1.807) is 0 Å². The summed E-state index contributed by atoms with van der Waals surface area (Å²) in [5.41, 5.74) is 0. The van der Waals surface area contributed by atoms with Crippen molar-refractivity contribution < 1.29 is 4.79 Å². The molecule has 0 spiro atoms. The minimum Gasteiger partial charge on any atom is -0.342 e. The number of nitrogens with zero attached hydrogens (tertiary/aromatic N) is 5. The predicted octanol–water partition coefficient (Wildman–Crippen LogP) is 0.819. The van der Waals surface area contributed by atoms with Gasteiger partial charge < -0.3 is 14.8 Å². The normalized spacial score (nSPS) is 20.0. The molecule has 0 aliphatic carbocycles. The zero-order valence-electron chi connectivity index (χ0n) is 15.0. The lowest BCUT2D eigenvalue weighted by atomic mass is 9.95. The molecule has 1 N–H and O–H groups in total. The molecule has 24 heavy (non-hydrogen) atoms. The molecule has 0 saturated carbocycles. The highest BCUT2D eigenvalue weighted by Gasteiger charge is 2.28. The van der Waals surface area contributed by atoms with Crippen molar-refractivity contribution in [1.82, 2.24) is 29.9 Å². The number of carbonyl (C=O) groups is 1. The highest BCUT2D eigenvalue weighted by atomic mass is 16.2. The third kappa shape index (κ3) is 3.78. The Morgan fingerprint density at radius 1 is 1.17 bits per heavy atom. The number of hydrogen-bond donors (Lipinski definition) is 1. The molecule has 0 bridgehead atoms. The van der Waals surface area contributed by atoms with Crippen LogP contribution in [0.25, 0.3) is 0 Å². The van der Waals surface area contributed by atoms with Crippen molar-refractivity contribution in [3.63, 3.8) is 0 Å². The van der Waals surface area contributed by atoms with Crippen LogP contribution >= 0.6 is 0 Å². The van der Waals surface area contributed by atoms with Crippen LogP contribution in [0.4, 0.5) is 0 Å². The average Bonchev–Trinajstić information content (AvgIpc) is 3.25. The van der Waals surface area contributed by atoms with Crippen molar-refractivity contribution >= 4 is 5.91 Å². The van der Waals surface area contributed by atoms with Crippen LogP contribution in [0.15, 0.2) is 0 Å². The molecule has 0 atom stereocenters. The monoisotopic (exact) mass is 334 g/mol. The molecule has 0 unspecified atom stereocenters. The molecule has 1 amide bonds. The molecule has 7 nitrogen and oxygen atoms in total. The van der Waals surface area contributed by atoms with Crippen LogP contribution in [0.5, 0.6) is 0 Å². The number of hydrogen-bond acceptors (Lipinski definition) is 5. The number of rotatable bonds is 6. The van der Waals surface area contributed by atoms with E-state index in [9.17, 15) is 4.79 Å². The largest absolute Gasteiger partial charge is 0.342 e. The van der Waals surface area contributed by atoms with Crippen LogP contribution in [0, 0.1) is 0 Å². The Kier molecular flexibility index (Phi) is 5.84. The SMILES string of the molecule is CCn1c(CN2CCCC2)nnc1C1CCN(C(=O)CNC)CC1. The van der Waals surface area contributed by atoms with E-state index in [0.29, 0.717) is 12.5 Å². The molecule has 0 radical (unpaired) electrons. The maximum Gasteiger partial charge on any atom is 0.236 e. The highest BCUT2D eigenvalue weighted by molar-refractivity contribution is 5.78. The second-order valence-electron chi connectivity index (χ2n) is 6.89. The van der Waals surface area contributed by atoms with Gasteiger partial charge in [-0.3, -0.25) is 9.69 Å². The van der Waals surface area contributed by atoms with E-state index < -0.39 is 0 Å². The molecule has 1 aromatic heterocycles. The average molecular weight is 334 g/mol. The van der Waals surface area contributed by atoms with Crippen LogP contribution in [0.3, 0.4) is 0 Å². The smallest absolute Gasteiger partial charge is 0.236 e. The molecule has 7 heteroatoms. The summed E-state index contributed by atoms with van der Waals surface area (Å²) in [6.45, 7) is 8.44. The zero-order valence-corrected chi connectivity index (χ0v) is 15.0. The highest BCUT2D eigenvalue weighted by Crippen LogP contribution is 2.27. The Labute approximate surface area is 144 Å². The van der Waals surface area contributed by atoms with Gasteiger partial charge in [0, 0.05) is 25.6 Å². The molecule has 0 aromatic carbocycles. The summed E-state index contributed by atoms with van der Waals surface area (Å²) in [6.07, 6.45) is 4.56. The fourth-order valence-electron chi connectivity index (χ4n) is 3.90. The summed E-state index contributed by atoms with van der Waals surface area (Å²) in [5.74, 6) is 2.83. The van der Waals surface area contributed by atoms with E-state index in [1.165, 1.54) is 25.9 Å². The topological polar surface area (TPSA) is 66.3 Å². The molecule has 134 valence electrons. The van der Waals surface area contributed by atoms with Gasteiger partial charge in [-0.2, -0.15) is 0 Å². The van der Waals surface area contributed by atoms with Crippen molar-refractivity contribution in [3.05, 3.63) is 11.6 Å². The number of amides is 1. The standard InChI is InChI=1S/C17H30N6O/c1-3-23-15(13-21-8-4-5-9-21)19-20-17(23)14-6-10-22(11-7-14)16(24)12-18-2/h14,18H,3-13H2,1-2H3. The molecule has 2 saturated heterocycles. The van der Waals surface area contributed by atoms with Gasteiger partial charge in [0.2, 0.25) is 5.91 Å². The Hall–Kier alpha value is -1.47. The quantitative estimate of drug-likeness (QED) is 0.834. The van der Waals surface area contributed by atoms with Gasteiger partial charge in [-0.15, -0.1) is 10.2 Å². The summed E-state index contributed by atoms with van der Waals surface area (Å²) in [7, 11) is 1.82. The summed E-state index contributed by atoms with van der Waals surface area (Å²) in [5, 5.41) is 12.0. The van der Waals surface area contributed by atoms with Crippen LogP contribution in [0.1, 0.15) is 50.2 Å². The minimum atomic E-state index is 0.197. The van der Waals surface area contributed by atoms with Crippen LogP contribution in [-0.4, -0.2) is 70.2 Å². The fourth-order valence-corrected chi connectivity index (χ4v) is 3.90. The second-order valence-corrected chi connectivity index (χ2v) is 6.89. The molecule has 3 rings (SSSR count). The van der Waals surface area contributed by atoms with Crippen LogP contribution in [0.2, 0.25) is 0 Å². The molecular weight excluding hydrogens is 304 g/mol. The van der Waals surface area contributed by atoms with Gasteiger partial charge in [0.15, 0.2) is 0 Å². The Morgan fingerprint density at radius 3 is 2.50 bits per heavy atom. The summed E-state index contributed by atoms with van der Waals surface area (Å²) in [4.78, 5) is 16.4. The molecule has 2 fully saturated rings. The van der Waals surface area contributed by atoms with E-state index in [-0.39, 0.29) is 5.91 Å². The molecule has 2 aliphatic rings. The number of likely N-dealkylation sites (tertiary alicyclic amines) is 2. The van der Waals surface area contributed by atoms with Crippen molar-refractivity contribution in [2.75, 3.05) is 39.8 Å². The van der Waals surface area contributed by atoms with Crippen molar-refractivity contribution in [3.8, 4) is 0 Å². The number of piperidine rings is 1. The first kappa shape index (κ1) is 17.4. The van der Waals surface area contributed by atoms with Gasteiger partial charge in [-0.1, -0.05) is 0 Å². The Balaban J connectivity index is 1.63. The summed E-state index contributed by atoms with van der Waals surface area (Å²) in [6, 6.07) is 0. The summed E-state index contributed by atoms with van der Waals surface area (Å²) >= 11 is 0. The van der Waals surface area contributed by atoms with Gasteiger partial charge in [0.1, 0.15) is 11.6 Å². The zero-order chi connectivity index (χ0) is 16.9. The third-order valence-electron chi connectivity index (χ3n) is 5.28. The molecule has 3 heterocycles. The van der Waals surface area contributed by atoms with Crippen LogP contribution < -0.4 is 5.32 Å². The van der Waals surface area contributed by atoms with Gasteiger partial charge in [0.05, 0.1) is 13.1 Å². The third-order valence-corrected chi connectivity index (χ3v) is 5.28. The minimum absolute atomic E-state index is 0.197. The second kappa shape index (κ2) is 8.07. The van der Waals surface area contributed by atoms with Gasteiger partial charge in [-0.05, 0) is 52.7 Å². The number of nitrogens with one attached hydrogen (secondary N) is 1. The maximum atomic E-state index is 12.0. The van der Waals surface area contributed by atoms with Gasteiger partial charge >= 0.3 is 0 Å². The van der Waals surface area contributed by atoms with E-state index in [1.807, 2.05) is 11.9 Å². The predicted molar refractivity (Wildman–Crippen MR) is 92.7 cm³/mol. The first-order chi connectivity index (χ1) is 11.7. The lowest BCUT2D eigenvalue weighted by molar-refractivity contribution is -0.131. The fraction of sp³-hybridized carbons (Fsp3) is 0.824. The van der Waals surface area contributed by atoms with Crippen molar-refractivity contribution in [1.29, 1.82) is 0 Å². The van der Waals surface area contributed by atoms with E-state index in [0.717, 1.165) is 50.7 Å². The van der Waals surface area contributed by atoms with Crippen molar-refractivity contribution in [2.24, 2.45) is 0 Å². The molecule has 1 aromatic rings. The van der Waals surface area contributed by atoms with Crippen LogP contribution in [-0.2, 0) is 17.9 Å². The molecule has 2 aliphatic heterocycles. The maximum absolute atomic E-state index is 12.0. The Bertz CT molecular complexity index is 543. The number of carbonyl (C=O) groups excluding carboxylic acids is 1. The molecular formula is C17H30N6O. The summed E-state index contributed by atoms with van der Waals surface area (Å²) < 4.78 is 2.30. The lowest BCUT2D eigenvalue weighted by Crippen LogP contribution is -2.42. The first-order valence-electron chi connectivity index (χ1n) is 9.29. The Morgan fingerprint density at radius 2 is 1.88 bits per heavy atom. The first-order valence-corrected chi connectivity index (χ1v) is 9.29. The van der Waals surface area contributed by atoms with E-state index in [4.69, 9.17) is 0 Å². The van der Waals surface area contributed by atoms with Crippen molar-refractivity contribution in [2.45, 2.75) is 51.6 Å². The van der Waals surface area contributed by atoms with Gasteiger partial charge in [0.25, 0.3) is 0 Å². The van der Waals surface area contributed by atoms with E-state index in [2.05, 4.69) is 31.9 Å².